The van der Waals surface area contributed by atoms with Crippen LogP contribution in [0.25, 0.3) is 0 Å². The Morgan fingerprint density at radius 2 is 1.90 bits per heavy atom. The molecule has 2 heterocycles. The van der Waals surface area contributed by atoms with Gasteiger partial charge in [0.2, 0.25) is 0 Å². The van der Waals surface area contributed by atoms with Crippen molar-refractivity contribution in [1.29, 1.82) is 0 Å². The van der Waals surface area contributed by atoms with Gasteiger partial charge in [-0.15, -0.1) is 0 Å². The van der Waals surface area contributed by atoms with E-state index in [0.29, 0.717) is 5.41 Å². The highest BCUT2D eigenvalue weighted by atomic mass is 15.2. The summed E-state index contributed by atoms with van der Waals surface area (Å²) in [6.07, 6.45) is 7.18. The Hall–Kier alpha value is -1.09. The molecule has 0 amide bonds. The van der Waals surface area contributed by atoms with Gasteiger partial charge in [0, 0.05) is 25.8 Å². The van der Waals surface area contributed by atoms with Crippen molar-refractivity contribution in [3.63, 3.8) is 0 Å². The third-order valence-electron chi connectivity index (χ3n) is 5.04. The molecule has 1 saturated heterocycles. The first-order chi connectivity index (χ1) is 9.73. The minimum absolute atomic E-state index is 0.581. The van der Waals surface area contributed by atoms with Gasteiger partial charge in [0.05, 0.1) is 0 Å². The molecule has 1 fully saturated rings. The van der Waals surface area contributed by atoms with Crippen molar-refractivity contribution >= 4 is 5.82 Å². The van der Waals surface area contributed by atoms with Gasteiger partial charge >= 0.3 is 0 Å². The van der Waals surface area contributed by atoms with Gasteiger partial charge in [0.15, 0.2) is 0 Å². The molecule has 1 aliphatic rings. The van der Waals surface area contributed by atoms with E-state index in [0.717, 1.165) is 32.0 Å². The summed E-state index contributed by atoms with van der Waals surface area (Å²) in [6.45, 7) is 11.1. The second kappa shape index (κ2) is 7.07. The predicted molar refractivity (Wildman–Crippen MR) is 86.1 cm³/mol. The molecule has 0 atom stereocenters. The topological polar surface area (TPSA) is 28.2 Å². The van der Waals surface area contributed by atoms with Gasteiger partial charge in [-0.05, 0) is 42.5 Å². The van der Waals surface area contributed by atoms with Gasteiger partial charge < -0.3 is 10.2 Å². The molecule has 1 aromatic heterocycles. The van der Waals surface area contributed by atoms with E-state index >= 15 is 0 Å². The monoisotopic (exact) mass is 275 g/mol. The number of nitrogens with one attached hydrogen (secondary N) is 1. The quantitative estimate of drug-likeness (QED) is 0.860. The summed E-state index contributed by atoms with van der Waals surface area (Å²) in [5.74, 6) is 1.15. The van der Waals surface area contributed by atoms with E-state index in [1.165, 1.54) is 31.2 Å². The van der Waals surface area contributed by atoms with Gasteiger partial charge in [-0.2, -0.15) is 0 Å². The van der Waals surface area contributed by atoms with Gasteiger partial charge in [-0.3, -0.25) is 0 Å². The molecule has 3 nitrogen and oxygen atoms in total. The van der Waals surface area contributed by atoms with Gasteiger partial charge in [-0.25, -0.2) is 4.98 Å². The van der Waals surface area contributed by atoms with Crippen molar-refractivity contribution in [2.24, 2.45) is 5.41 Å². The zero-order chi connectivity index (χ0) is 14.4. The largest absolute Gasteiger partial charge is 0.357 e. The molecule has 112 valence electrons. The highest BCUT2D eigenvalue weighted by molar-refractivity contribution is 5.41. The molecular formula is C17H29N3. The lowest BCUT2D eigenvalue weighted by atomic mass is 9.74. The Kier molecular flexibility index (Phi) is 5.41. The number of hydrogen-bond acceptors (Lipinski definition) is 3. The summed E-state index contributed by atoms with van der Waals surface area (Å²) in [5.41, 5.74) is 1.91. The van der Waals surface area contributed by atoms with Crippen LogP contribution in [-0.4, -0.2) is 24.6 Å². The maximum absolute atomic E-state index is 4.57. The lowest BCUT2D eigenvalue weighted by Gasteiger charge is -2.41. The van der Waals surface area contributed by atoms with E-state index < -0.39 is 0 Å². The molecule has 0 spiro atoms. The van der Waals surface area contributed by atoms with Gasteiger partial charge in [0.25, 0.3) is 0 Å². The Balaban J connectivity index is 1.99. The average molecular weight is 275 g/mol. The second-order valence-corrected chi connectivity index (χ2v) is 6.00. The van der Waals surface area contributed by atoms with E-state index in [1.54, 1.807) is 0 Å². The van der Waals surface area contributed by atoms with Crippen LogP contribution in [0.3, 0.4) is 0 Å². The fourth-order valence-corrected chi connectivity index (χ4v) is 3.18. The molecular weight excluding hydrogens is 246 g/mol. The van der Waals surface area contributed by atoms with E-state index in [9.17, 15) is 0 Å². The zero-order valence-electron chi connectivity index (χ0n) is 13.3. The van der Waals surface area contributed by atoms with Crippen LogP contribution in [-0.2, 0) is 6.54 Å². The summed E-state index contributed by atoms with van der Waals surface area (Å²) >= 11 is 0. The fraction of sp³-hybridized carbons (Fsp3) is 0.706. The molecule has 20 heavy (non-hydrogen) atoms. The Labute approximate surface area is 123 Å². The molecule has 0 radical (unpaired) electrons. The summed E-state index contributed by atoms with van der Waals surface area (Å²) in [7, 11) is 0. The number of rotatable bonds is 6. The zero-order valence-corrected chi connectivity index (χ0v) is 13.3. The van der Waals surface area contributed by atoms with E-state index in [4.69, 9.17) is 0 Å². The SMILES string of the molecule is CCNCc1ccnc(N2CCC(CC)(CC)CC2)c1. The molecule has 3 heteroatoms. The van der Waals surface area contributed by atoms with Crippen LogP contribution < -0.4 is 10.2 Å². The number of anilines is 1. The van der Waals surface area contributed by atoms with Crippen molar-refractivity contribution in [2.45, 2.75) is 53.0 Å². The first-order valence-electron chi connectivity index (χ1n) is 8.13. The normalized spacial score (nSPS) is 18.2. The molecule has 2 rings (SSSR count). The van der Waals surface area contributed by atoms with Crippen LogP contribution in [0.15, 0.2) is 18.3 Å². The predicted octanol–water partition coefficient (Wildman–Crippen LogP) is 3.60. The molecule has 0 saturated carbocycles. The standard InChI is InChI=1S/C17H29N3/c1-4-17(5-2)8-11-20(12-9-17)16-13-15(7-10-19-16)14-18-6-3/h7,10,13,18H,4-6,8-9,11-12,14H2,1-3H3. The minimum atomic E-state index is 0.581. The van der Waals surface area contributed by atoms with Gasteiger partial charge in [-0.1, -0.05) is 33.6 Å². The molecule has 1 N–H and O–H groups in total. The van der Waals surface area contributed by atoms with Crippen LogP contribution in [0.2, 0.25) is 0 Å². The second-order valence-electron chi connectivity index (χ2n) is 6.00. The first-order valence-corrected chi connectivity index (χ1v) is 8.13. The van der Waals surface area contributed by atoms with Gasteiger partial charge in [0.1, 0.15) is 5.82 Å². The number of piperidine rings is 1. The molecule has 0 unspecified atom stereocenters. The molecule has 0 aliphatic carbocycles. The van der Waals surface area contributed by atoms with E-state index in [2.05, 4.69) is 48.1 Å². The smallest absolute Gasteiger partial charge is 0.128 e. The Morgan fingerprint density at radius 1 is 1.20 bits per heavy atom. The lowest BCUT2D eigenvalue weighted by molar-refractivity contribution is 0.199. The average Bonchev–Trinajstić information content (AvgIpc) is 2.53. The van der Waals surface area contributed by atoms with Crippen molar-refractivity contribution in [1.82, 2.24) is 10.3 Å². The van der Waals surface area contributed by atoms with E-state index in [1.807, 2.05) is 6.20 Å². The van der Waals surface area contributed by atoms with Crippen molar-refractivity contribution < 1.29 is 0 Å². The van der Waals surface area contributed by atoms with Crippen LogP contribution >= 0.6 is 0 Å². The third kappa shape index (κ3) is 3.51. The maximum Gasteiger partial charge on any atom is 0.128 e. The van der Waals surface area contributed by atoms with Crippen LogP contribution in [0, 0.1) is 5.41 Å². The lowest BCUT2D eigenvalue weighted by Crippen LogP contribution is -2.40. The highest BCUT2D eigenvalue weighted by Crippen LogP contribution is 2.38. The maximum atomic E-state index is 4.57. The van der Waals surface area contributed by atoms with Crippen molar-refractivity contribution in [3.05, 3.63) is 23.9 Å². The first kappa shape index (κ1) is 15.3. The molecule has 1 aromatic rings. The summed E-state index contributed by atoms with van der Waals surface area (Å²) in [4.78, 5) is 7.03. The van der Waals surface area contributed by atoms with Crippen LogP contribution in [0.4, 0.5) is 5.82 Å². The van der Waals surface area contributed by atoms with Crippen LogP contribution in [0.5, 0.6) is 0 Å². The fourth-order valence-electron chi connectivity index (χ4n) is 3.18. The minimum Gasteiger partial charge on any atom is -0.357 e. The van der Waals surface area contributed by atoms with Crippen LogP contribution in [0.1, 0.15) is 52.0 Å². The molecule has 0 bridgehead atoms. The summed E-state index contributed by atoms with van der Waals surface area (Å²) in [6, 6.07) is 4.35. The number of hydrogen-bond donors (Lipinski definition) is 1. The highest BCUT2D eigenvalue weighted by Gasteiger charge is 2.31. The molecule has 1 aliphatic heterocycles. The van der Waals surface area contributed by atoms with Crippen molar-refractivity contribution in [3.8, 4) is 0 Å². The number of pyridine rings is 1. The number of nitrogens with zero attached hydrogens (tertiary/aromatic N) is 2. The van der Waals surface area contributed by atoms with Crippen molar-refractivity contribution in [2.75, 3.05) is 24.5 Å². The third-order valence-corrected chi connectivity index (χ3v) is 5.04. The number of aromatic nitrogens is 1. The summed E-state index contributed by atoms with van der Waals surface area (Å²) < 4.78 is 0. The Bertz CT molecular complexity index is 402. The van der Waals surface area contributed by atoms with E-state index in [-0.39, 0.29) is 0 Å². The summed E-state index contributed by atoms with van der Waals surface area (Å²) in [5, 5.41) is 3.38. The Morgan fingerprint density at radius 3 is 2.50 bits per heavy atom. The molecule has 0 aromatic carbocycles.